The van der Waals surface area contributed by atoms with Crippen LogP contribution < -0.4 is 10.1 Å². The molecule has 0 saturated carbocycles. The first-order chi connectivity index (χ1) is 13.6. The van der Waals surface area contributed by atoms with Crippen LogP contribution in [0.15, 0.2) is 48.5 Å². The number of hydrogen-bond donors (Lipinski definition) is 1. The topological polar surface area (TPSA) is 41.6 Å². The Morgan fingerprint density at radius 2 is 1.68 bits per heavy atom. The molecule has 0 bridgehead atoms. The van der Waals surface area contributed by atoms with Crippen molar-refractivity contribution in [2.24, 2.45) is 0 Å². The van der Waals surface area contributed by atoms with E-state index in [9.17, 15) is 9.18 Å². The van der Waals surface area contributed by atoms with E-state index in [1.807, 2.05) is 36.4 Å². The third-order valence-corrected chi connectivity index (χ3v) is 5.51. The van der Waals surface area contributed by atoms with Gasteiger partial charge in [0.2, 0.25) is 5.91 Å². The van der Waals surface area contributed by atoms with Crippen molar-refractivity contribution in [1.82, 2.24) is 10.2 Å². The molecule has 2 aromatic carbocycles. The van der Waals surface area contributed by atoms with Gasteiger partial charge in [0.25, 0.3) is 0 Å². The third kappa shape index (κ3) is 5.32. The Bertz CT molecular complexity index is 755. The molecule has 0 spiro atoms. The summed E-state index contributed by atoms with van der Waals surface area (Å²) >= 11 is 0. The number of carbonyl (C=O) groups excluding carboxylic acids is 1. The van der Waals surface area contributed by atoms with E-state index in [1.165, 1.54) is 25.0 Å². The van der Waals surface area contributed by atoms with Crippen molar-refractivity contribution in [1.29, 1.82) is 0 Å². The van der Waals surface area contributed by atoms with Gasteiger partial charge in [-0.15, -0.1) is 0 Å². The molecule has 1 aliphatic rings. The zero-order valence-corrected chi connectivity index (χ0v) is 16.7. The molecular weight excluding hydrogens is 355 g/mol. The summed E-state index contributed by atoms with van der Waals surface area (Å²) in [5.74, 6) is 0.742. The standard InChI is InChI=1S/C23H29FN2O2/c1-17(18-7-11-21(28-2)12-8-18)15-23(27)25-16-22(26-13-3-4-14-26)19-5-9-20(24)10-6-19/h5-12,17,22H,3-4,13-16H2,1-2H3,(H,25,27). The molecule has 1 saturated heterocycles. The van der Waals surface area contributed by atoms with Gasteiger partial charge in [0.15, 0.2) is 0 Å². The summed E-state index contributed by atoms with van der Waals surface area (Å²) in [6, 6.07) is 14.6. The lowest BCUT2D eigenvalue weighted by Crippen LogP contribution is -2.37. The summed E-state index contributed by atoms with van der Waals surface area (Å²) in [4.78, 5) is 14.9. The molecule has 1 aliphatic heterocycles. The van der Waals surface area contributed by atoms with Crippen LogP contribution in [0.2, 0.25) is 0 Å². The van der Waals surface area contributed by atoms with Crippen LogP contribution in [0.25, 0.3) is 0 Å². The first-order valence-electron chi connectivity index (χ1n) is 9.97. The van der Waals surface area contributed by atoms with Crippen LogP contribution in [0.3, 0.4) is 0 Å². The Morgan fingerprint density at radius 1 is 1.07 bits per heavy atom. The SMILES string of the molecule is COc1ccc(C(C)CC(=O)NCC(c2ccc(F)cc2)N2CCCC2)cc1. The van der Waals surface area contributed by atoms with Gasteiger partial charge in [0, 0.05) is 13.0 Å². The Balaban J connectivity index is 1.58. The van der Waals surface area contributed by atoms with Crippen LogP contribution >= 0.6 is 0 Å². The Morgan fingerprint density at radius 3 is 2.29 bits per heavy atom. The summed E-state index contributed by atoms with van der Waals surface area (Å²) in [5.41, 5.74) is 2.16. The molecule has 0 aromatic heterocycles. The number of nitrogens with zero attached hydrogens (tertiary/aromatic N) is 1. The number of amides is 1. The van der Waals surface area contributed by atoms with Crippen LogP contribution in [0, 0.1) is 5.82 Å². The van der Waals surface area contributed by atoms with Gasteiger partial charge in [0.05, 0.1) is 13.2 Å². The van der Waals surface area contributed by atoms with Crippen LogP contribution in [-0.2, 0) is 4.79 Å². The van der Waals surface area contributed by atoms with E-state index >= 15 is 0 Å². The fourth-order valence-corrected chi connectivity index (χ4v) is 3.81. The van der Waals surface area contributed by atoms with E-state index < -0.39 is 0 Å². The second-order valence-corrected chi connectivity index (χ2v) is 7.49. The lowest BCUT2D eigenvalue weighted by atomic mass is 9.97. The molecular formula is C23H29FN2O2. The minimum absolute atomic E-state index is 0.0367. The molecule has 1 fully saturated rings. The van der Waals surface area contributed by atoms with Gasteiger partial charge in [-0.2, -0.15) is 0 Å². The van der Waals surface area contributed by atoms with Crippen LogP contribution in [0.4, 0.5) is 4.39 Å². The average Bonchev–Trinajstić information content (AvgIpc) is 3.24. The second kappa shape index (κ2) is 9.69. The monoisotopic (exact) mass is 384 g/mol. The lowest BCUT2D eigenvalue weighted by molar-refractivity contribution is -0.121. The Labute approximate surface area is 166 Å². The first kappa shape index (κ1) is 20.3. The lowest BCUT2D eigenvalue weighted by Gasteiger charge is -2.28. The largest absolute Gasteiger partial charge is 0.497 e. The molecule has 2 atom stereocenters. The fraction of sp³-hybridized carbons (Fsp3) is 0.435. The van der Waals surface area contributed by atoms with E-state index in [1.54, 1.807) is 7.11 Å². The summed E-state index contributed by atoms with van der Waals surface area (Å²) in [5, 5.41) is 3.10. The highest BCUT2D eigenvalue weighted by Gasteiger charge is 2.24. The molecule has 1 heterocycles. The summed E-state index contributed by atoms with van der Waals surface area (Å²) in [6.07, 6.45) is 2.77. The fourth-order valence-electron chi connectivity index (χ4n) is 3.81. The molecule has 4 nitrogen and oxygen atoms in total. The zero-order valence-electron chi connectivity index (χ0n) is 16.7. The van der Waals surface area contributed by atoms with Crippen LogP contribution in [-0.4, -0.2) is 37.6 Å². The third-order valence-electron chi connectivity index (χ3n) is 5.51. The Kier molecular flexibility index (Phi) is 7.04. The molecule has 1 N–H and O–H groups in total. The van der Waals surface area contributed by atoms with Crippen molar-refractivity contribution in [2.75, 3.05) is 26.7 Å². The van der Waals surface area contributed by atoms with Crippen molar-refractivity contribution in [2.45, 2.75) is 38.1 Å². The van der Waals surface area contributed by atoms with Crippen molar-refractivity contribution in [3.05, 3.63) is 65.5 Å². The molecule has 3 rings (SSSR count). The number of carbonyl (C=O) groups is 1. The normalized spacial score (nSPS) is 16.5. The molecule has 150 valence electrons. The highest BCUT2D eigenvalue weighted by Crippen LogP contribution is 2.25. The van der Waals surface area contributed by atoms with Crippen molar-refractivity contribution < 1.29 is 13.9 Å². The smallest absolute Gasteiger partial charge is 0.220 e. The number of likely N-dealkylation sites (tertiary alicyclic amines) is 1. The summed E-state index contributed by atoms with van der Waals surface area (Å²) < 4.78 is 18.5. The second-order valence-electron chi connectivity index (χ2n) is 7.49. The number of halogens is 1. The number of ether oxygens (including phenoxy) is 1. The maximum Gasteiger partial charge on any atom is 0.220 e. The van der Waals surface area contributed by atoms with Gasteiger partial charge >= 0.3 is 0 Å². The number of rotatable bonds is 8. The molecule has 2 unspecified atom stereocenters. The van der Waals surface area contributed by atoms with Crippen molar-refractivity contribution >= 4 is 5.91 Å². The Hall–Kier alpha value is -2.40. The van der Waals surface area contributed by atoms with E-state index in [-0.39, 0.29) is 23.7 Å². The van der Waals surface area contributed by atoms with Gasteiger partial charge in [-0.05, 0) is 67.2 Å². The van der Waals surface area contributed by atoms with Gasteiger partial charge in [-0.25, -0.2) is 4.39 Å². The molecule has 2 aromatic rings. The molecule has 1 amide bonds. The van der Waals surface area contributed by atoms with Crippen LogP contribution in [0.1, 0.15) is 49.3 Å². The molecule has 5 heteroatoms. The molecule has 0 radical (unpaired) electrons. The minimum atomic E-state index is -0.235. The quantitative estimate of drug-likeness (QED) is 0.739. The predicted molar refractivity (Wildman–Crippen MR) is 109 cm³/mol. The van der Waals surface area contributed by atoms with Gasteiger partial charge < -0.3 is 10.1 Å². The van der Waals surface area contributed by atoms with Gasteiger partial charge in [-0.1, -0.05) is 31.2 Å². The zero-order chi connectivity index (χ0) is 19.9. The van der Waals surface area contributed by atoms with E-state index in [0.29, 0.717) is 13.0 Å². The number of methoxy groups -OCH3 is 1. The minimum Gasteiger partial charge on any atom is -0.497 e. The highest BCUT2D eigenvalue weighted by atomic mass is 19.1. The van der Waals surface area contributed by atoms with Crippen molar-refractivity contribution in [3.63, 3.8) is 0 Å². The molecule has 28 heavy (non-hydrogen) atoms. The average molecular weight is 384 g/mol. The van der Waals surface area contributed by atoms with Crippen LogP contribution in [0.5, 0.6) is 5.75 Å². The summed E-state index contributed by atoms with van der Waals surface area (Å²) in [7, 11) is 1.64. The number of nitrogens with one attached hydrogen (secondary N) is 1. The predicted octanol–water partition coefficient (Wildman–Crippen LogP) is 4.28. The maximum atomic E-state index is 13.3. The van der Waals surface area contributed by atoms with E-state index in [4.69, 9.17) is 4.74 Å². The van der Waals surface area contributed by atoms with E-state index in [0.717, 1.165) is 30.0 Å². The van der Waals surface area contributed by atoms with Gasteiger partial charge in [0.1, 0.15) is 11.6 Å². The number of benzene rings is 2. The molecule has 0 aliphatic carbocycles. The van der Waals surface area contributed by atoms with Crippen molar-refractivity contribution in [3.8, 4) is 5.75 Å². The number of hydrogen-bond acceptors (Lipinski definition) is 3. The summed E-state index contributed by atoms with van der Waals surface area (Å²) in [6.45, 7) is 4.62. The maximum absolute atomic E-state index is 13.3. The van der Waals surface area contributed by atoms with Gasteiger partial charge in [-0.3, -0.25) is 9.69 Å². The van der Waals surface area contributed by atoms with E-state index in [2.05, 4.69) is 17.1 Å². The first-order valence-corrected chi connectivity index (χ1v) is 9.97. The highest BCUT2D eigenvalue weighted by molar-refractivity contribution is 5.76.